The predicted octanol–water partition coefficient (Wildman–Crippen LogP) is 2.95. The third kappa shape index (κ3) is 3.75. The number of carbonyl (C=O) groups excluding carboxylic acids is 1. The normalized spacial score (nSPS) is 14.9. The standard InChI is InChI=1S/C18H16BrN3O2/c19-13-10-15(16(20)21-11-13)17(23)22-14-4-1-3-12(9-14)5-8-18(24)6-2-7-18/h1,3-4,9-11,24H,2,6-7H2,(H2,20,21)(H,22,23). The molecule has 1 aliphatic carbocycles. The Morgan fingerprint density at radius 3 is 2.88 bits per heavy atom. The van der Waals surface area contributed by atoms with E-state index in [0.29, 0.717) is 28.6 Å². The van der Waals surface area contributed by atoms with Crippen molar-refractivity contribution >= 4 is 33.3 Å². The number of pyridine rings is 1. The zero-order chi connectivity index (χ0) is 17.2. The molecule has 2 aromatic rings. The second-order valence-corrected chi connectivity index (χ2v) is 6.67. The molecule has 0 spiro atoms. The van der Waals surface area contributed by atoms with Gasteiger partial charge in [0.2, 0.25) is 0 Å². The van der Waals surface area contributed by atoms with E-state index in [0.717, 1.165) is 12.0 Å². The molecule has 3 rings (SSSR count). The smallest absolute Gasteiger partial charge is 0.259 e. The van der Waals surface area contributed by atoms with Crippen LogP contribution in [0.2, 0.25) is 0 Å². The minimum Gasteiger partial charge on any atom is -0.383 e. The molecule has 1 saturated carbocycles. The van der Waals surface area contributed by atoms with E-state index in [-0.39, 0.29) is 11.7 Å². The number of halogens is 1. The van der Waals surface area contributed by atoms with Gasteiger partial charge in [0, 0.05) is 21.9 Å². The highest BCUT2D eigenvalue weighted by Gasteiger charge is 2.32. The fourth-order valence-electron chi connectivity index (χ4n) is 2.33. The molecule has 122 valence electrons. The highest BCUT2D eigenvalue weighted by Crippen LogP contribution is 2.30. The Morgan fingerprint density at radius 1 is 1.38 bits per heavy atom. The maximum Gasteiger partial charge on any atom is 0.259 e. The highest BCUT2D eigenvalue weighted by atomic mass is 79.9. The molecule has 1 fully saturated rings. The molecule has 6 heteroatoms. The number of hydrogen-bond donors (Lipinski definition) is 3. The Balaban J connectivity index is 1.77. The Bertz CT molecular complexity index is 851. The number of rotatable bonds is 2. The van der Waals surface area contributed by atoms with Gasteiger partial charge in [-0.15, -0.1) is 0 Å². The van der Waals surface area contributed by atoms with E-state index in [1.807, 2.05) is 6.07 Å². The second kappa shape index (κ2) is 6.63. The van der Waals surface area contributed by atoms with Crippen molar-refractivity contribution in [3.63, 3.8) is 0 Å². The minimum absolute atomic E-state index is 0.166. The summed E-state index contributed by atoms with van der Waals surface area (Å²) >= 11 is 3.27. The van der Waals surface area contributed by atoms with Gasteiger partial charge in [0.25, 0.3) is 5.91 Å². The first-order valence-corrected chi connectivity index (χ1v) is 8.32. The largest absolute Gasteiger partial charge is 0.383 e. The zero-order valence-electron chi connectivity index (χ0n) is 12.8. The van der Waals surface area contributed by atoms with Crippen molar-refractivity contribution in [3.05, 3.63) is 52.1 Å². The molecule has 1 aromatic heterocycles. The number of carbonyl (C=O) groups is 1. The maximum atomic E-state index is 12.3. The van der Waals surface area contributed by atoms with E-state index in [1.165, 1.54) is 6.20 Å². The second-order valence-electron chi connectivity index (χ2n) is 5.76. The summed E-state index contributed by atoms with van der Waals surface area (Å²) in [5.41, 5.74) is 6.53. The first-order valence-electron chi connectivity index (χ1n) is 7.53. The molecule has 4 N–H and O–H groups in total. The number of nitrogen functional groups attached to an aromatic ring is 1. The van der Waals surface area contributed by atoms with E-state index in [9.17, 15) is 9.90 Å². The van der Waals surface area contributed by atoms with Crippen molar-refractivity contribution in [2.45, 2.75) is 24.9 Å². The fraction of sp³-hybridized carbons (Fsp3) is 0.222. The van der Waals surface area contributed by atoms with Gasteiger partial charge >= 0.3 is 0 Å². The van der Waals surface area contributed by atoms with Gasteiger partial charge in [-0.25, -0.2) is 4.98 Å². The lowest BCUT2D eigenvalue weighted by Crippen LogP contribution is -2.34. The number of nitrogens with two attached hydrogens (primary N) is 1. The van der Waals surface area contributed by atoms with Crippen LogP contribution in [-0.2, 0) is 0 Å². The summed E-state index contributed by atoms with van der Waals surface area (Å²) < 4.78 is 0.676. The van der Waals surface area contributed by atoms with Crippen molar-refractivity contribution in [1.29, 1.82) is 0 Å². The summed E-state index contributed by atoms with van der Waals surface area (Å²) in [6.45, 7) is 0. The molecule has 0 saturated heterocycles. The van der Waals surface area contributed by atoms with Crippen LogP contribution in [0.4, 0.5) is 11.5 Å². The number of aliphatic hydroxyl groups is 1. The summed E-state index contributed by atoms with van der Waals surface area (Å²) in [4.78, 5) is 16.3. The topological polar surface area (TPSA) is 88.2 Å². The van der Waals surface area contributed by atoms with Crippen LogP contribution in [-0.4, -0.2) is 21.6 Å². The van der Waals surface area contributed by atoms with Gasteiger partial charge in [-0.3, -0.25) is 4.79 Å². The summed E-state index contributed by atoms with van der Waals surface area (Å²) in [6, 6.07) is 8.78. The van der Waals surface area contributed by atoms with Crippen molar-refractivity contribution in [1.82, 2.24) is 4.98 Å². The molecule has 5 nitrogen and oxygen atoms in total. The lowest BCUT2D eigenvalue weighted by atomic mass is 9.81. The molecule has 0 bridgehead atoms. The third-order valence-electron chi connectivity index (χ3n) is 3.87. The maximum absolute atomic E-state index is 12.3. The van der Waals surface area contributed by atoms with Crippen LogP contribution >= 0.6 is 15.9 Å². The van der Waals surface area contributed by atoms with Gasteiger partial charge in [0.1, 0.15) is 11.4 Å². The van der Waals surface area contributed by atoms with Gasteiger partial charge in [0.05, 0.1) is 5.56 Å². The fourth-order valence-corrected chi connectivity index (χ4v) is 2.66. The van der Waals surface area contributed by atoms with Crippen LogP contribution in [0, 0.1) is 11.8 Å². The predicted molar refractivity (Wildman–Crippen MR) is 96.4 cm³/mol. The van der Waals surface area contributed by atoms with Crippen molar-refractivity contribution < 1.29 is 9.90 Å². The molecule has 1 aromatic carbocycles. The average Bonchev–Trinajstić information content (AvgIpc) is 2.53. The molecule has 24 heavy (non-hydrogen) atoms. The molecule has 1 amide bonds. The number of aromatic nitrogens is 1. The van der Waals surface area contributed by atoms with Crippen LogP contribution < -0.4 is 11.1 Å². The molecule has 1 aliphatic rings. The SMILES string of the molecule is Nc1ncc(Br)cc1C(=O)Nc1cccc(C#CC2(O)CCC2)c1. The molecule has 1 heterocycles. The highest BCUT2D eigenvalue weighted by molar-refractivity contribution is 9.10. The summed E-state index contributed by atoms with van der Waals surface area (Å²) in [5, 5.41) is 12.8. The number of anilines is 2. The average molecular weight is 386 g/mol. The van der Waals surface area contributed by atoms with Gasteiger partial charge < -0.3 is 16.2 Å². The van der Waals surface area contributed by atoms with E-state index in [2.05, 4.69) is 38.1 Å². The lowest BCUT2D eigenvalue weighted by molar-refractivity contribution is 0.0240. The first-order chi connectivity index (χ1) is 11.5. The zero-order valence-corrected chi connectivity index (χ0v) is 14.4. The van der Waals surface area contributed by atoms with Crippen molar-refractivity contribution in [2.75, 3.05) is 11.1 Å². The quantitative estimate of drug-likeness (QED) is 0.693. The van der Waals surface area contributed by atoms with Crippen LogP contribution in [0.5, 0.6) is 0 Å². The summed E-state index contributed by atoms with van der Waals surface area (Å²) in [7, 11) is 0. The minimum atomic E-state index is -0.851. The number of nitrogens with zero attached hydrogens (tertiary/aromatic N) is 1. The Morgan fingerprint density at radius 2 is 2.17 bits per heavy atom. The van der Waals surface area contributed by atoms with Crippen LogP contribution in [0.15, 0.2) is 41.0 Å². The van der Waals surface area contributed by atoms with Gasteiger partial charge in [-0.05, 0) is 59.5 Å². The molecule has 0 atom stereocenters. The van der Waals surface area contributed by atoms with Crippen molar-refractivity contribution in [3.8, 4) is 11.8 Å². The third-order valence-corrected chi connectivity index (χ3v) is 4.30. The Hall–Kier alpha value is -2.36. The molecule has 0 aliphatic heterocycles. The summed E-state index contributed by atoms with van der Waals surface area (Å²) in [6.07, 6.45) is 3.97. The Kier molecular flexibility index (Phi) is 4.56. The number of nitrogens with one attached hydrogen (secondary N) is 1. The van der Waals surface area contributed by atoms with E-state index in [1.54, 1.807) is 24.3 Å². The molecule has 0 radical (unpaired) electrons. The van der Waals surface area contributed by atoms with Gasteiger partial charge in [0.15, 0.2) is 0 Å². The van der Waals surface area contributed by atoms with Crippen LogP contribution in [0.25, 0.3) is 0 Å². The monoisotopic (exact) mass is 385 g/mol. The number of hydrogen-bond acceptors (Lipinski definition) is 4. The van der Waals surface area contributed by atoms with Crippen molar-refractivity contribution in [2.24, 2.45) is 0 Å². The molecular formula is C18H16BrN3O2. The van der Waals surface area contributed by atoms with Gasteiger partial charge in [-0.2, -0.15) is 0 Å². The first kappa shape index (κ1) is 16.5. The van der Waals surface area contributed by atoms with E-state index >= 15 is 0 Å². The Labute approximate surface area is 148 Å². The summed E-state index contributed by atoms with van der Waals surface area (Å²) in [5.74, 6) is 5.68. The van der Waals surface area contributed by atoms with Crippen LogP contribution in [0.3, 0.4) is 0 Å². The number of benzene rings is 1. The molecule has 0 unspecified atom stereocenters. The lowest BCUT2D eigenvalue weighted by Gasteiger charge is -2.30. The number of amides is 1. The van der Waals surface area contributed by atoms with Crippen LogP contribution in [0.1, 0.15) is 35.2 Å². The van der Waals surface area contributed by atoms with Gasteiger partial charge in [-0.1, -0.05) is 17.9 Å². The molecular weight excluding hydrogens is 370 g/mol. The van der Waals surface area contributed by atoms with E-state index in [4.69, 9.17) is 5.73 Å². The van der Waals surface area contributed by atoms with E-state index < -0.39 is 5.60 Å².